The molecule has 1 aliphatic heterocycles. The average Bonchev–Trinajstić information content (AvgIpc) is 3.07. The van der Waals surface area contributed by atoms with Gasteiger partial charge in [0.25, 0.3) is 5.95 Å². The number of likely N-dealkylation sites (N-methyl/N-ethyl adjacent to an activating group) is 1. The van der Waals surface area contributed by atoms with Gasteiger partial charge in [-0.1, -0.05) is 0 Å². The highest BCUT2D eigenvalue weighted by atomic mass is 15.4. The predicted octanol–water partition coefficient (Wildman–Crippen LogP) is -0.435. The van der Waals surface area contributed by atoms with Crippen molar-refractivity contribution in [1.29, 1.82) is 0 Å². The Bertz CT molecular complexity index is 595. The van der Waals surface area contributed by atoms with E-state index in [1.165, 1.54) is 11.0 Å². The molecule has 2 aromatic heterocycles. The van der Waals surface area contributed by atoms with Gasteiger partial charge in [0.05, 0.1) is 0 Å². The maximum absolute atomic E-state index is 5.82. The largest absolute Gasteiger partial charge is 0.368 e. The quantitative estimate of drug-likeness (QED) is 0.808. The number of hydrogen-bond acceptors (Lipinski definition) is 8. The molecule has 112 valence electrons. The molecule has 21 heavy (non-hydrogen) atoms. The third-order valence-electron chi connectivity index (χ3n) is 3.46. The molecule has 0 saturated carbocycles. The van der Waals surface area contributed by atoms with Gasteiger partial charge in [0, 0.05) is 19.1 Å². The molecule has 0 aliphatic carbocycles. The highest BCUT2D eigenvalue weighted by Gasteiger charge is 2.28. The van der Waals surface area contributed by atoms with Crippen molar-refractivity contribution in [3.05, 3.63) is 12.7 Å². The Morgan fingerprint density at radius 1 is 1.29 bits per heavy atom. The van der Waals surface area contributed by atoms with Crippen molar-refractivity contribution in [3.8, 4) is 5.95 Å². The molecule has 9 heteroatoms. The summed E-state index contributed by atoms with van der Waals surface area (Å²) in [4.78, 5) is 21.1. The van der Waals surface area contributed by atoms with Gasteiger partial charge in [-0.15, -0.1) is 0 Å². The van der Waals surface area contributed by atoms with E-state index in [1.807, 2.05) is 0 Å². The van der Waals surface area contributed by atoms with Crippen molar-refractivity contribution >= 4 is 11.9 Å². The van der Waals surface area contributed by atoms with E-state index in [0.29, 0.717) is 17.9 Å². The van der Waals surface area contributed by atoms with Crippen LogP contribution in [0.3, 0.4) is 0 Å². The Morgan fingerprint density at radius 2 is 2.10 bits per heavy atom. The smallest absolute Gasteiger partial charge is 0.258 e. The maximum Gasteiger partial charge on any atom is 0.258 e. The first kappa shape index (κ1) is 13.7. The third-order valence-corrected chi connectivity index (χ3v) is 3.46. The van der Waals surface area contributed by atoms with Crippen LogP contribution in [0.1, 0.15) is 12.8 Å². The number of aromatic nitrogens is 6. The number of nitrogens with two attached hydrogens (primary N) is 1. The van der Waals surface area contributed by atoms with Crippen LogP contribution in [0.2, 0.25) is 0 Å². The lowest BCUT2D eigenvalue weighted by molar-refractivity contribution is 0.371. The van der Waals surface area contributed by atoms with Gasteiger partial charge < -0.3 is 15.5 Å². The van der Waals surface area contributed by atoms with E-state index >= 15 is 0 Å². The summed E-state index contributed by atoms with van der Waals surface area (Å²) >= 11 is 0. The van der Waals surface area contributed by atoms with Gasteiger partial charge in [0.1, 0.15) is 12.7 Å². The normalized spacial score (nSPS) is 18.6. The van der Waals surface area contributed by atoms with Gasteiger partial charge in [-0.05, 0) is 26.9 Å². The van der Waals surface area contributed by atoms with Crippen LogP contribution in [0.4, 0.5) is 11.9 Å². The molecule has 0 radical (unpaired) electrons. The standard InChI is InChI=1S/C12H19N9/c1-19(2)6-9-4-3-5-20(9)11-16-10(13)17-12(18-11)21-8-14-7-15-21/h7-9H,3-6H2,1-2H3,(H2,13,16,17,18). The van der Waals surface area contributed by atoms with Gasteiger partial charge >= 0.3 is 0 Å². The van der Waals surface area contributed by atoms with Crippen molar-refractivity contribution in [2.75, 3.05) is 37.8 Å². The lowest BCUT2D eigenvalue weighted by atomic mass is 10.2. The molecule has 0 aromatic carbocycles. The Kier molecular flexibility index (Phi) is 3.65. The van der Waals surface area contributed by atoms with Gasteiger partial charge in [0.15, 0.2) is 0 Å². The average molecular weight is 289 g/mol. The first-order valence-electron chi connectivity index (χ1n) is 6.91. The minimum absolute atomic E-state index is 0.195. The van der Waals surface area contributed by atoms with Crippen LogP contribution in [0.15, 0.2) is 12.7 Å². The van der Waals surface area contributed by atoms with Crippen molar-refractivity contribution in [1.82, 2.24) is 34.6 Å². The first-order chi connectivity index (χ1) is 10.1. The lowest BCUT2D eigenvalue weighted by Gasteiger charge is -2.27. The summed E-state index contributed by atoms with van der Waals surface area (Å²) in [6.07, 6.45) is 5.23. The number of nitrogens with zero attached hydrogens (tertiary/aromatic N) is 8. The van der Waals surface area contributed by atoms with E-state index in [2.05, 4.69) is 48.9 Å². The van der Waals surface area contributed by atoms with E-state index < -0.39 is 0 Å². The van der Waals surface area contributed by atoms with E-state index in [9.17, 15) is 0 Å². The summed E-state index contributed by atoms with van der Waals surface area (Å²) < 4.78 is 1.48. The minimum atomic E-state index is 0.195. The van der Waals surface area contributed by atoms with Gasteiger partial charge in [-0.2, -0.15) is 24.7 Å². The molecule has 0 bridgehead atoms. The van der Waals surface area contributed by atoms with Crippen LogP contribution < -0.4 is 10.6 Å². The van der Waals surface area contributed by atoms with E-state index in [-0.39, 0.29) is 5.95 Å². The highest BCUT2D eigenvalue weighted by molar-refractivity contribution is 5.40. The second kappa shape index (κ2) is 5.60. The van der Waals surface area contributed by atoms with Crippen LogP contribution in [-0.4, -0.2) is 67.8 Å². The molecular formula is C12H19N9. The number of hydrogen-bond donors (Lipinski definition) is 1. The molecule has 1 saturated heterocycles. The summed E-state index contributed by atoms with van der Waals surface area (Å²) in [7, 11) is 4.14. The molecule has 3 rings (SSSR count). The molecule has 1 aliphatic rings. The molecule has 2 N–H and O–H groups in total. The van der Waals surface area contributed by atoms with Crippen molar-refractivity contribution in [2.24, 2.45) is 0 Å². The van der Waals surface area contributed by atoms with Crippen LogP contribution in [0.25, 0.3) is 5.95 Å². The van der Waals surface area contributed by atoms with Gasteiger partial charge in [0.2, 0.25) is 11.9 Å². The fourth-order valence-corrected chi connectivity index (χ4v) is 2.62. The second-order valence-corrected chi connectivity index (χ2v) is 5.39. The summed E-state index contributed by atoms with van der Waals surface area (Å²) in [6, 6.07) is 0.394. The fraction of sp³-hybridized carbons (Fsp3) is 0.583. The Morgan fingerprint density at radius 3 is 2.81 bits per heavy atom. The van der Waals surface area contributed by atoms with Gasteiger partial charge in [-0.25, -0.2) is 4.98 Å². The van der Waals surface area contributed by atoms with Crippen LogP contribution in [0, 0.1) is 0 Å². The second-order valence-electron chi connectivity index (χ2n) is 5.39. The molecular weight excluding hydrogens is 270 g/mol. The summed E-state index contributed by atoms with van der Waals surface area (Å²) in [5.74, 6) is 1.20. The fourth-order valence-electron chi connectivity index (χ4n) is 2.62. The van der Waals surface area contributed by atoms with Crippen LogP contribution in [0.5, 0.6) is 0 Å². The molecule has 1 atom stereocenters. The molecule has 3 heterocycles. The minimum Gasteiger partial charge on any atom is -0.368 e. The van der Waals surface area contributed by atoms with Crippen molar-refractivity contribution in [2.45, 2.75) is 18.9 Å². The Labute approximate surface area is 122 Å². The predicted molar refractivity (Wildman–Crippen MR) is 78.1 cm³/mol. The van der Waals surface area contributed by atoms with Crippen LogP contribution in [-0.2, 0) is 0 Å². The van der Waals surface area contributed by atoms with Crippen molar-refractivity contribution in [3.63, 3.8) is 0 Å². The Balaban J connectivity index is 1.91. The summed E-state index contributed by atoms with van der Waals surface area (Å²) in [5.41, 5.74) is 5.82. The van der Waals surface area contributed by atoms with E-state index in [0.717, 1.165) is 25.9 Å². The topological polar surface area (TPSA) is 102 Å². The zero-order valence-electron chi connectivity index (χ0n) is 12.2. The van der Waals surface area contributed by atoms with Crippen molar-refractivity contribution < 1.29 is 0 Å². The molecule has 0 spiro atoms. The third kappa shape index (κ3) is 2.92. The zero-order chi connectivity index (χ0) is 14.8. The number of anilines is 2. The van der Waals surface area contributed by atoms with Gasteiger partial charge in [-0.3, -0.25) is 0 Å². The van der Waals surface area contributed by atoms with Crippen LogP contribution >= 0.6 is 0 Å². The maximum atomic E-state index is 5.82. The summed E-state index contributed by atoms with van der Waals surface area (Å²) in [5, 5.41) is 4.03. The molecule has 1 fully saturated rings. The van der Waals surface area contributed by atoms with E-state index in [4.69, 9.17) is 5.73 Å². The molecule has 0 amide bonds. The Hall–Kier alpha value is -2.29. The zero-order valence-corrected chi connectivity index (χ0v) is 12.2. The number of nitrogen functional groups attached to an aromatic ring is 1. The first-order valence-corrected chi connectivity index (χ1v) is 6.91. The lowest BCUT2D eigenvalue weighted by Crippen LogP contribution is -2.38. The highest BCUT2D eigenvalue weighted by Crippen LogP contribution is 2.23. The van der Waals surface area contributed by atoms with E-state index in [1.54, 1.807) is 6.33 Å². The molecule has 9 nitrogen and oxygen atoms in total. The molecule has 2 aromatic rings. The SMILES string of the molecule is CN(C)CC1CCCN1c1nc(N)nc(-n2cncn2)n1. The summed E-state index contributed by atoms with van der Waals surface area (Å²) in [6.45, 7) is 1.89. The molecule has 1 unspecified atom stereocenters. The number of rotatable bonds is 4. The monoisotopic (exact) mass is 289 g/mol.